The maximum atomic E-state index is 11.4. The van der Waals surface area contributed by atoms with Gasteiger partial charge in [-0.15, -0.1) is 0 Å². The molecule has 120 valence electrons. The van der Waals surface area contributed by atoms with Gasteiger partial charge in [-0.1, -0.05) is 24.3 Å². The van der Waals surface area contributed by atoms with Gasteiger partial charge in [0.1, 0.15) is 0 Å². The average Bonchev–Trinajstić information content (AvgIpc) is 3.08. The molecule has 1 saturated carbocycles. The van der Waals surface area contributed by atoms with Gasteiger partial charge in [-0.05, 0) is 55.0 Å². The van der Waals surface area contributed by atoms with E-state index in [-0.39, 0.29) is 11.7 Å². The van der Waals surface area contributed by atoms with E-state index in [9.17, 15) is 9.90 Å². The maximum Gasteiger partial charge on any atom is 0.336 e. The number of aromatic carboxylic acids is 1. The number of carboxylic acid groups (broad SMARTS) is 1. The van der Waals surface area contributed by atoms with Gasteiger partial charge < -0.3 is 14.6 Å². The number of benzene rings is 2. The summed E-state index contributed by atoms with van der Waals surface area (Å²) in [5.41, 5.74) is 1.78. The first-order valence-electron chi connectivity index (χ1n) is 7.86. The summed E-state index contributed by atoms with van der Waals surface area (Å²) in [6, 6.07) is 12.6. The summed E-state index contributed by atoms with van der Waals surface area (Å²) in [7, 11) is 1.61. The third kappa shape index (κ3) is 3.31. The Balaban J connectivity index is 1.99. The first-order valence-corrected chi connectivity index (χ1v) is 7.86. The molecule has 3 rings (SSSR count). The molecule has 0 aliphatic heterocycles. The molecule has 0 aromatic heterocycles. The lowest BCUT2D eigenvalue weighted by Crippen LogP contribution is -2.11. The van der Waals surface area contributed by atoms with Crippen LogP contribution in [0.3, 0.4) is 0 Å². The van der Waals surface area contributed by atoms with E-state index < -0.39 is 5.97 Å². The van der Waals surface area contributed by atoms with Gasteiger partial charge in [0.25, 0.3) is 0 Å². The molecular formula is C19H20O4. The van der Waals surface area contributed by atoms with E-state index in [0.717, 1.165) is 18.4 Å². The second-order valence-electron chi connectivity index (χ2n) is 5.74. The van der Waals surface area contributed by atoms with Gasteiger partial charge in [0.2, 0.25) is 0 Å². The van der Waals surface area contributed by atoms with Crippen LogP contribution in [0.2, 0.25) is 0 Å². The average molecular weight is 312 g/mol. The summed E-state index contributed by atoms with van der Waals surface area (Å²) in [6.07, 6.45) is 4.70. The first kappa shape index (κ1) is 15.4. The Kier molecular flexibility index (Phi) is 4.51. The Bertz CT molecular complexity index is 702. The lowest BCUT2D eigenvalue weighted by molar-refractivity contribution is 0.0697. The minimum atomic E-state index is -0.935. The molecule has 0 spiro atoms. The topological polar surface area (TPSA) is 55.8 Å². The van der Waals surface area contributed by atoms with Gasteiger partial charge in [-0.3, -0.25) is 0 Å². The van der Waals surface area contributed by atoms with Crippen LogP contribution >= 0.6 is 0 Å². The van der Waals surface area contributed by atoms with Crippen molar-refractivity contribution in [3.63, 3.8) is 0 Å². The van der Waals surface area contributed by atoms with Crippen molar-refractivity contribution in [2.75, 3.05) is 7.11 Å². The minimum Gasteiger partial charge on any atom is -0.493 e. The molecular weight excluding hydrogens is 292 g/mol. The number of rotatable bonds is 5. The lowest BCUT2D eigenvalue weighted by Gasteiger charge is -2.17. The van der Waals surface area contributed by atoms with Crippen molar-refractivity contribution >= 4 is 5.97 Å². The first-order chi connectivity index (χ1) is 11.2. The van der Waals surface area contributed by atoms with Crippen molar-refractivity contribution in [1.29, 1.82) is 0 Å². The Labute approximate surface area is 135 Å². The highest BCUT2D eigenvalue weighted by Gasteiger charge is 2.19. The smallest absolute Gasteiger partial charge is 0.336 e. The summed E-state index contributed by atoms with van der Waals surface area (Å²) >= 11 is 0. The van der Waals surface area contributed by atoms with E-state index >= 15 is 0 Å². The van der Waals surface area contributed by atoms with Crippen LogP contribution < -0.4 is 9.47 Å². The molecule has 1 N–H and O–H groups in total. The molecule has 4 heteroatoms. The number of methoxy groups -OCH3 is 1. The molecule has 0 radical (unpaired) electrons. The molecule has 0 bridgehead atoms. The van der Waals surface area contributed by atoms with E-state index in [1.807, 2.05) is 30.3 Å². The Morgan fingerprint density at radius 1 is 1.09 bits per heavy atom. The van der Waals surface area contributed by atoms with Crippen molar-refractivity contribution in [1.82, 2.24) is 0 Å². The van der Waals surface area contributed by atoms with E-state index in [1.165, 1.54) is 12.8 Å². The van der Waals surface area contributed by atoms with E-state index in [2.05, 4.69) is 0 Å². The van der Waals surface area contributed by atoms with Crippen molar-refractivity contribution < 1.29 is 19.4 Å². The zero-order valence-electron chi connectivity index (χ0n) is 13.1. The van der Waals surface area contributed by atoms with Gasteiger partial charge in [0.05, 0.1) is 18.8 Å². The van der Waals surface area contributed by atoms with E-state index in [4.69, 9.17) is 9.47 Å². The van der Waals surface area contributed by atoms with Crippen LogP contribution in [0.4, 0.5) is 0 Å². The molecule has 1 aliphatic carbocycles. The Morgan fingerprint density at radius 3 is 2.52 bits per heavy atom. The minimum absolute atomic E-state index is 0.217. The molecule has 2 aromatic rings. The van der Waals surface area contributed by atoms with Crippen LogP contribution in [0.5, 0.6) is 11.5 Å². The SMILES string of the molecule is COc1ccc(-c2ccccc2C(=O)O)cc1OC1CCCC1. The lowest BCUT2D eigenvalue weighted by atomic mass is 9.99. The Morgan fingerprint density at radius 2 is 1.83 bits per heavy atom. The molecule has 4 nitrogen and oxygen atoms in total. The van der Waals surface area contributed by atoms with E-state index in [0.29, 0.717) is 17.1 Å². The van der Waals surface area contributed by atoms with Crippen LogP contribution in [-0.2, 0) is 0 Å². The zero-order valence-corrected chi connectivity index (χ0v) is 13.1. The van der Waals surface area contributed by atoms with Crippen LogP contribution in [0.1, 0.15) is 36.0 Å². The van der Waals surface area contributed by atoms with Crippen molar-refractivity contribution in [2.45, 2.75) is 31.8 Å². The van der Waals surface area contributed by atoms with Crippen LogP contribution in [0, 0.1) is 0 Å². The molecule has 0 amide bonds. The molecule has 2 aromatic carbocycles. The third-order valence-electron chi connectivity index (χ3n) is 4.23. The quantitative estimate of drug-likeness (QED) is 0.890. The number of carboxylic acids is 1. The summed E-state index contributed by atoms with van der Waals surface area (Å²) in [5, 5.41) is 9.37. The standard InChI is InChI=1S/C19H20O4/c1-22-17-11-10-13(12-18(17)23-14-6-2-3-7-14)15-8-4-5-9-16(15)19(20)21/h4-5,8-12,14H,2-3,6-7H2,1H3,(H,20,21). The van der Waals surface area contributed by atoms with Gasteiger partial charge >= 0.3 is 5.97 Å². The highest BCUT2D eigenvalue weighted by atomic mass is 16.5. The van der Waals surface area contributed by atoms with Crippen LogP contribution in [0.25, 0.3) is 11.1 Å². The predicted octanol–water partition coefficient (Wildman–Crippen LogP) is 4.38. The fourth-order valence-corrected chi connectivity index (χ4v) is 3.04. The molecule has 1 aliphatic rings. The molecule has 0 unspecified atom stereocenters. The second-order valence-corrected chi connectivity index (χ2v) is 5.74. The van der Waals surface area contributed by atoms with Crippen molar-refractivity contribution in [2.24, 2.45) is 0 Å². The summed E-state index contributed by atoms with van der Waals surface area (Å²) < 4.78 is 11.5. The van der Waals surface area contributed by atoms with E-state index in [1.54, 1.807) is 19.2 Å². The van der Waals surface area contributed by atoms with Gasteiger partial charge in [0, 0.05) is 0 Å². The monoisotopic (exact) mass is 312 g/mol. The second kappa shape index (κ2) is 6.73. The van der Waals surface area contributed by atoms with Crippen LogP contribution in [-0.4, -0.2) is 24.3 Å². The molecule has 0 atom stereocenters. The predicted molar refractivity (Wildman–Crippen MR) is 88.3 cm³/mol. The summed E-state index contributed by atoms with van der Waals surface area (Å²) in [5.74, 6) is 0.417. The summed E-state index contributed by atoms with van der Waals surface area (Å²) in [6.45, 7) is 0. The number of carbonyl (C=O) groups is 1. The zero-order chi connectivity index (χ0) is 16.2. The largest absolute Gasteiger partial charge is 0.493 e. The highest BCUT2D eigenvalue weighted by molar-refractivity contribution is 5.96. The highest BCUT2D eigenvalue weighted by Crippen LogP contribution is 2.36. The number of hydrogen-bond acceptors (Lipinski definition) is 3. The normalized spacial score (nSPS) is 14.7. The third-order valence-corrected chi connectivity index (χ3v) is 4.23. The number of ether oxygens (including phenoxy) is 2. The van der Waals surface area contributed by atoms with Crippen molar-refractivity contribution in [3.05, 3.63) is 48.0 Å². The van der Waals surface area contributed by atoms with Crippen molar-refractivity contribution in [3.8, 4) is 22.6 Å². The molecule has 0 heterocycles. The van der Waals surface area contributed by atoms with Gasteiger partial charge in [0.15, 0.2) is 11.5 Å². The van der Waals surface area contributed by atoms with Gasteiger partial charge in [-0.2, -0.15) is 0 Å². The van der Waals surface area contributed by atoms with Gasteiger partial charge in [-0.25, -0.2) is 4.79 Å². The fraction of sp³-hybridized carbons (Fsp3) is 0.316. The maximum absolute atomic E-state index is 11.4. The van der Waals surface area contributed by atoms with Crippen LogP contribution in [0.15, 0.2) is 42.5 Å². The Hall–Kier alpha value is -2.49. The molecule has 0 saturated heterocycles. The summed E-state index contributed by atoms with van der Waals surface area (Å²) in [4.78, 5) is 11.4. The number of hydrogen-bond donors (Lipinski definition) is 1. The molecule has 1 fully saturated rings. The fourth-order valence-electron chi connectivity index (χ4n) is 3.04. The molecule has 23 heavy (non-hydrogen) atoms.